The minimum absolute atomic E-state index is 0.0902. The Balaban J connectivity index is 2.41. The van der Waals surface area contributed by atoms with Crippen LogP contribution in [-0.2, 0) is 10.0 Å². The van der Waals surface area contributed by atoms with Crippen LogP contribution >= 0.6 is 11.6 Å². The van der Waals surface area contributed by atoms with Crippen molar-refractivity contribution in [2.24, 2.45) is 0 Å². The molecule has 104 valence electrons. The molecule has 0 unspecified atom stereocenters. The van der Waals surface area contributed by atoms with Crippen molar-refractivity contribution in [2.75, 3.05) is 4.72 Å². The lowest BCUT2D eigenvalue weighted by atomic mass is 10.3. The molecule has 0 bridgehead atoms. The molecule has 1 aromatic heterocycles. The Hall–Kier alpha value is -2.26. The number of rotatable bonds is 4. The molecule has 1 heterocycles. The third-order valence-electron chi connectivity index (χ3n) is 2.22. The van der Waals surface area contributed by atoms with Crippen LogP contribution in [0.15, 0.2) is 41.3 Å². The molecule has 0 radical (unpaired) electrons. The molecule has 20 heavy (non-hydrogen) atoms. The third kappa shape index (κ3) is 3.00. The number of nitro benzene ring substituents is 1. The summed E-state index contributed by atoms with van der Waals surface area (Å²) < 4.78 is 26.3. The van der Waals surface area contributed by atoms with Crippen molar-refractivity contribution in [1.82, 2.24) is 10.2 Å². The molecular formula is C10H7ClN4O4S. The van der Waals surface area contributed by atoms with Gasteiger partial charge in [0.15, 0.2) is 15.9 Å². The first-order chi connectivity index (χ1) is 9.40. The molecule has 10 heteroatoms. The predicted octanol–water partition coefficient (Wildman–Crippen LogP) is 1.84. The highest BCUT2D eigenvalue weighted by Crippen LogP contribution is 2.24. The zero-order valence-corrected chi connectivity index (χ0v) is 11.3. The van der Waals surface area contributed by atoms with Crippen LogP contribution in [0.3, 0.4) is 0 Å². The Kier molecular flexibility index (Phi) is 3.81. The van der Waals surface area contributed by atoms with Crippen molar-refractivity contribution in [3.8, 4) is 0 Å². The Morgan fingerprint density at radius 3 is 2.45 bits per heavy atom. The predicted molar refractivity (Wildman–Crippen MR) is 70.9 cm³/mol. The number of anilines is 1. The molecular weight excluding hydrogens is 308 g/mol. The molecule has 2 aromatic rings. The number of halogens is 1. The highest BCUT2D eigenvalue weighted by Gasteiger charge is 2.25. The van der Waals surface area contributed by atoms with Gasteiger partial charge in [0.25, 0.3) is 15.7 Å². The highest BCUT2D eigenvalue weighted by atomic mass is 35.5. The zero-order valence-electron chi connectivity index (χ0n) is 9.72. The Morgan fingerprint density at radius 2 is 1.85 bits per heavy atom. The molecule has 1 N–H and O–H groups in total. The van der Waals surface area contributed by atoms with Gasteiger partial charge in [-0.25, -0.2) is 8.42 Å². The van der Waals surface area contributed by atoms with Crippen LogP contribution in [0.4, 0.5) is 11.5 Å². The van der Waals surface area contributed by atoms with E-state index in [4.69, 9.17) is 11.6 Å². The summed E-state index contributed by atoms with van der Waals surface area (Å²) in [5.74, 6) is -0.0902. The molecule has 0 atom stereocenters. The van der Waals surface area contributed by atoms with Crippen molar-refractivity contribution in [3.63, 3.8) is 0 Å². The third-order valence-corrected chi connectivity index (χ3v) is 3.83. The number of nitrogens with one attached hydrogen (secondary N) is 1. The van der Waals surface area contributed by atoms with Gasteiger partial charge in [-0.3, -0.25) is 14.8 Å². The summed E-state index contributed by atoms with van der Waals surface area (Å²) in [7, 11) is -4.14. The lowest BCUT2D eigenvalue weighted by Gasteiger charge is -2.06. The van der Waals surface area contributed by atoms with Crippen molar-refractivity contribution >= 4 is 33.1 Å². The van der Waals surface area contributed by atoms with E-state index in [0.717, 1.165) is 12.1 Å². The Labute approximate surface area is 118 Å². The van der Waals surface area contributed by atoms with Crippen LogP contribution in [-0.4, -0.2) is 23.5 Å². The molecule has 0 saturated heterocycles. The number of nitrogens with zero attached hydrogens (tertiary/aromatic N) is 3. The van der Waals surface area contributed by atoms with Gasteiger partial charge in [0.1, 0.15) is 0 Å². The lowest BCUT2D eigenvalue weighted by Crippen LogP contribution is -2.15. The van der Waals surface area contributed by atoms with E-state index in [1.807, 2.05) is 0 Å². The molecule has 0 amide bonds. The Bertz CT molecular complexity index is 748. The first-order valence-corrected chi connectivity index (χ1v) is 7.02. The topological polar surface area (TPSA) is 115 Å². The highest BCUT2D eigenvalue weighted by molar-refractivity contribution is 7.92. The number of nitro groups is 1. The normalized spacial score (nSPS) is 11.1. The van der Waals surface area contributed by atoms with E-state index in [1.54, 1.807) is 0 Å². The number of aromatic nitrogens is 2. The number of benzene rings is 1. The van der Waals surface area contributed by atoms with Crippen molar-refractivity contribution in [2.45, 2.75) is 4.90 Å². The summed E-state index contributed by atoms with van der Waals surface area (Å²) >= 11 is 5.53. The second-order valence-electron chi connectivity index (χ2n) is 3.57. The fourth-order valence-electron chi connectivity index (χ4n) is 1.40. The van der Waals surface area contributed by atoms with E-state index in [9.17, 15) is 18.5 Å². The van der Waals surface area contributed by atoms with E-state index in [0.29, 0.717) is 0 Å². The van der Waals surface area contributed by atoms with Crippen LogP contribution in [0, 0.1) is 10.1 Å². The van der Waals surface area contributed by atoms with E-state index < -0.39 is 25.5 Å². The van der Waals surface area contributed by atoms with Gasteiger partial charge >= 0.3 is 0 Å². The summed E-state index contributed by atoms with van der Waals surface area (Å²) in [6.07, 6.45) is 0. The maximum absolute atomic E-state index is 12.1. The molecule has 0 aliphatic heterocycles. The van der Waals surface area contributed by atoms with E-state index in [-0.39, 0.29) is 11.0 Å². The quantitative estimate of drug-likeness (QED) is 0.680. The Morgan fingerprint density at radius 1 is 1.15 bits per heavy atom. The van der Waals surface area contributed by atoms with Gasteiger partial charge < -0.3 is 0 Å². The number of sulfonamides is 1. The monoisotopic (exact) mass is 314 g/mol. The van der Waals surface area contributed by atoms with Gasteiger partial charge in [-0.1, -0.05) is 23.7 Å². The first kappa shape index (κ1) is 14.2. The summed E-state index contributed by atoms with van der Waals surface area (Å²) in [6, 6.07) is 7.62. The van der Waals surface area contributed by atoms with Crippen LogP contribution in [0.1, 0.15) is 0 Å². The van der Waals surface area contributed by atoms with Gasteiger partial charge in [-0.15, -0.1) is 10.2 Å². The molecule has 8 nitrogen and oxygen atoms in total. The standard InChI is InChI=1S/C10H7ClN4O4S/c11-9-5-6-10(13-12-9)14-20(18,19)8-4-2-1-3-7(8)15(16)17/h1-6H,(H,13,14). The number of hydrogen-bond acceptors (Lipinski definition) is 6. The number of para-hydroxylation sites is 1. The lowest BCUT2D eigenvalue weighted by molar-refractivity contribution is -0.387. The second kappa shape index (κ2) is 5.39. The van der Waals surface area contributed by atoms with Crippen LogP contribution in [0.25, 0.3) is 0 Å². The van der Waals surface area contributed by atoms with Gasteiger partial charge in [-0.05, 0) is 18.2 Å². The van der Waals surface area contributed by atoms with Crippen molar-refractivity contribution < 1.29 is 13.3 Å². The summed E-state index contributed by atoms with van der Waals surface area (Å²) in [5.41, 5.74) is -0.526. The smallest absolute Gasteiger partial charge is 0.262 e. The largest absolute Gasteiger partial charge is 0.289 e. The molecule has 2 rings (SSSR count). The first-order valence-electron chi connectivity index (χ1n) is 5.15. The van der Waals surface area contributed by atoms with Gasteiger partial charge in [-0.2, -0.15) is 0 Å². The van der Waals surface area contributed by atoms with Gasteiger partial charge in [0.2, 0.25) is 0 Å². The minimum atomic E-state index is -4.14. The molecule has 1 aromatic carbocycles. The van der Waals surface area contributed by atoms with E-state index >= 15 is 0 Å². The fourth-order valence-corrected chi connectivity index (χ4v) is 2.67. The summed E-state index contributed by atoms with van der Waals surface area (Å²) in [4.78, 5) is 9.60. The van der Waals surface area contributed by atoms with Crippen molar-refractivity contribution in [3.05, 3.63) is 51.7 Å². The zero-order chi connectivity index (χ0) is 14.8. The fraction of sp³-hybridized carbons (Fsp3) is 0. The molecule has 0 saturated carbocycles. The van der Waals surface area contributed by atoms with E-state index in [2.05, 4.69) is 14.9 Å². The maximum atomic E-state index is 12.1. The average Bonchev–Trinajstić information content (AvgIpc) is 2.41. The molecule has 0 aliphatic carbocycles. The maximum Gasteiger partial charge on any atom is 0.289 e. The summed E-state index contributed by atoms with van der Waals surface area (Å²) in [5, 5.41) is 17.9. The van der Waals surface area contributed by atoms with Gasteiger partial charge in [0.05, 0.1) is 4.92 Å². The van der Waals surface area contributed by atoms with Crippen LogP contribution < -0.4 is 4.72 Å². The summed E-state index contributed by atoms with van der Waals surface area (Å²) in [6.45, 7) is 0. The number of hydrogen-bond donors (Lipinski definition) is 1. The molecule has 0 fully saturated rings. The second-order valence-corrected chi connectivity index (χ2v) is 5.61. The van der Waals surface area contributed by atoms with Crippen LogP contribution in [0.5, 0.6) is 0 Å². The SMILES string of the molecule is O=[N+]([O-])c1ccccc1S(=O)(=O)Nc1ccc(Cl)nn1. The molecule has 0 aliphatic rings. The van der Waals surface area contributed by atoms with E-state index in [1.165, 1.54) is 24.3 Å². The van der Waals surface area contributed by atoms with Crippen molar-refractivity contribution in [1.29, 1.82) is 0 Å². The average molecular weight is 315 g/mol. The minimum Gasteiger partial charge on any atom is -0.262 e. The van der Waals surface area contributed by atoms with Crippen LogP contribution in [0.2, 0.25) is 5.15 Å². The van der Waals surface area contributed by atoms with Gasteiger partial charge in [0, 0.05) is 6.07 Å². The molecule has 0 spiro atoms.